The van der Waals surface area contributed by atoms with Crippen molar-refractivity contribution in [3.8, 4) is 0 Å². The van der Waals surface area contributed by atoms with Gasteiger partial charge in [-0.25, -0.2) is 4.39 Å². The minimum Gasteiger partial charge on any atom is -0.299 e. The van der Waals surface area contributed by atoms with Crippen LogP contribution in [0.25, 0.3) is 0 Å². The summed E-state index contributed by atoms with van der Waals surface area (Å²) in [7, 11) is 1.46. The predicted molar refractivity (Wildman–Crippen MR) is 71.8 cm³/mol. The minimum atomic E-state index is -0.574. The van der Waals surface area contributed by atoms with Crippen LogP contribution < -0.4 is 5.32 Å². The molecule has 19 heavy (non-hydrogen) atoms. The molecule has 1 heterocycles. The first-order valence-electron chi connectivity index (χ1n) is 5.91. The number of carbonyl (C=O) groups excluding carboxylic acids is 2. The van der Waals surface area contributed by atoms with Crippen LogP contribution in [-0.4, -0.2) is 29.8 Å². The average Bonchev–Trinajstić information content (AvgIpc) is 2.57. The lowest BCUT2D eigenvalue weighted by Gasteiger charge is -2.18. The number of likely N-dealkylation sites (tertiary alicyclic amines) is 1. The maximum atomic E-state index is 13.8. The van der Waals surface area contributed by atoms with Gasteiger partial charge in [-0.15, -0.1) is 0 Å². The average molecular weight is 329 g/mol. The molecule has 1 saturated heterocycles. The molecule has 1 aromatic rings. The van der Waals surface area contributed by atoms with E-state index in [0.717, 1.165) is 4.90 Å². The third-order valence-electron chi connectivity index (χ3n) is 3.26. The fourth-order valence-electron chi connectivity index (χ4n) is 2.13. The van der Waals surface area contributed by atoms with Gasteiger partial charge in [0.15, 0.2) is 0 Å². The van der Waals surface area contributed by atoms with Gasteiger partial charge in [-0.3, -0.25) is 19.8 Å². The van der Waals surface area contributed by atoms with Crippen molar-refractivity contribution in [2.24, 2.45) is 0 Å². The van der Waals surface area contributed by atoms with Crippen LogP contribution in [0.15, 0.2) is 22.7 Å². The third kappa shape index (κ3) is 2.84. The summed E-state index contributed by atoms with van der Waals surface area (Å²) in [6.07, 6.45) is 0.123. The Morgan fingerprint density at radius 1 is 1.47 bits per heavy atom. The molecular formula is C13H14BrFN2O2. The van der Waals surface area contributed by atoms with Gasteiger partial charge >= 0.3 is 0 Å². The van der Waals surface area contributed by atoms with E-state index in [4.69, 9.17) is 0 Å². The first-order chi connectivity index (χ1) is 8.90. The summed E-state index contributed by atoms with van der Waals surface area (Å²) in [6, 6.07) is 3.85. The third-order valence-corrected chi connectivity index (χ3v) is 3.75. The number of nitrogens with one attached hydrogen (secondary N) is 1. The second-order valence-electron chi connectivity index (χ2n) is 4.60. The molecule has 1 fully saturated rings. The van der Waals surface area contributed by atoms with E-state index in [1.165, 1.54) is 13.1 Å². The zero-order valence-electron chi connectivity index (χ0n) is 10.6. The lowest BCUT2D eigenvalue weighted by molar-refractivity contribution is -0.137. The highest BCUT2D eigenvalue weighted by Crippen LogP contribution is 2.22. The van der Waals surface area contributed by atoms with Crippen LogP contribution in [0.1, 0.15) is 24.9 Å². The lowest BCUT2D eigenvalue weighted by Crippen LogP contribution is -2.38. The number of benzene rings is 1. The van der Waals surface area contributed by atoms with E-state index in [0.29, 0.717) is 10.0 Å². The number of carbonyl (C=O) groups is 2. The summed E-state index contributed by atoms with van der Waals surface area (Å²) >= 11 is 3.19. The smallest absolute Gasteiger partial charge is 0.246 e. The monoisotopic (exact) mass is 328 g/mol. The lowest BCUT2D eigenvalue weighted by atomic mass is 10.1. The zero-order valence-corrected chi connectivity index (χ0v) is 12.2. The van der Waals surface area contributed by atoms with Gasteiger partial charge in [-0.1, -0.05) is 22.0 Å². The fraction of sp³-hybridized carbons (Fsp3) is 0.385. The summed E-state index contributed by atoms with van der Waals surface area (Å²) in [5, 5.41) is 3.00. The normalized spacial score (nSPS) is 21.1. The van der Waals surface area contributed by atoms with Crippen LogP contribution >= 0.6 is 15.9 Å². The van der Waals surface area contributed by atoms with Crippen molar-refractivity contribution in [2.45, 2.75) is 25.4 Å². The quantitative estimate of drug-likeness (QED) is 0.863. The predicted octanol–water partition coefficient (Wildman–Crippen LogP) is 2.00. The molecule has 1 aliphatic rings. The molecule has 0 spiro atoms. The molecule has 1 aromatic carbocycles. The number of hydrogen-bond acceptors (Lipinski definition) is 3. The molecular weight excluding hydrogens is 315 g/mol. The van der Waals surface area contributed by atoms with E-state index < -0.39 is 6.04 Å². The molecule has 6 heteroatoms. The summed E-state index contributed by atoms with van der Waals surface area (Å²) in [6.45, 7) is 1.77. The largest absolute Gasteiger partial charge is 0.299 e. The number of nitrogens with zero attached hydrogens (tertiary/aromatic N) is 1. The van der Waals surface area contributed by atoms with Crippen LogP contribution in [0.2, 0.25) is 0 Å². The number of rotatable bonds is 3. The molecule has 2 rings (SSSR count). The number of amides is 2. The van der Waals surface area contributed by atoms with Crippen molar-refractivity contribution in [1.82, 2.24) is 10.2 Å². The van der Waals surface area contributed by atoms with Crippen molar-refractivity contribution in [3.05, 3.63) is 34.1 Å². The summed E-state index contributed by atoms with van der Waals surface area (Å²) in [5.41, 5.74) is 0.470. The van der Waals surface area contributed by atoms with Gasteiger partial charge in [-0.05, 0) is 19.1 Å². The van der Waals surface area contributed by atoms with Crippen LogP contribution in [0, 0.1) is 5.82 Å². The van der Waals surface area contributed by atoms with Crippen molar-refractivity contribution in [1.29, 1.82) is 0 Å². The Kier molecular flexibility index (Phi) is 4.01. The zero-order chi connectivity index (χ0) is 14.2. The van der Waals surface area contributed by atoms with Gasteiger partial charge in [0.1, 0.15) is 5.82 Å². The summed E-state index contributed by atoms with van der Waals surface area (Å²) in [4.78, 5) is 24.3. The molecule has 2 unspecified atom stereocenters. The van der Waals surface area contributed by atoms with Crippen molar-refractivity contribution in [2.75, 3.05) is 7.05 Å². The highest BCUT2D eigenvalue weighted by atomic mass is 79.9. The SMILES string of the molecule is CC(NC1CC(=O)N(C)C1=O)c1ccc(Br)cc1F. The fourth-order valence-corrected chi connectivity index (χ4v) is 2.46. The topological polar surface area (TPSA) is 49.4 Å². The van der Waals surface area contributed by atoms with Gasteiger partial charge in [0, 0.05) is 23.1 Å². The molecule has 0 aromatic heterocycles. The van der Waals surface area contributed by atoms with Crippen molar-refractivity contribution < 1.29 is 14.0 Å². The molecule has 0 aliphatic carbocycles. The second kappa shape index (κ2) is 5.38. The number of likely N-dealkylation sites (N-methyl/N-ethyl adjacent to an activating group) is 1. The van der Waals surface area contributed by atoms with E-state index >= 15 is 0 Å². The number of imide groups is 1. The second-order valence-corrected chi connectivity index (χ2v) is 5.52. The summed E-state index contributed by atoms with van der Waals surface area (Å²) in [5.74, 6) is -0.833. The Morgan fingerprint density at radius 2 is 2.16 bits per heavy atom. The molecule has 4 nitrogen and oxygen atoms in total. The van der Waals surface area contributed by atoms with Crippen LogP contribution in [0.3, 0.4) is 0 Å². The maximum absolute atomic E-state index is 13.8. The van der Waals surface area contributed by atoms with Gasteiger partial charge in [0.25, 0.3) is 0 Å². The van der Waals surface area contributed by atoms with Gasteiger partial charge in [0.2, 0.25) is 11.8 Å². The van der Waals surface area contributed by atoms with Crippen molar-refractivity contribution in [3.63, 3.8) is 0 Å². The number of hydrogen-bond donors (Lipinski definition) is 1. The molecule has 0 saturated carbocycles. The molecule has 102 valence electrons. The van der Waals surface area contributed by atoms with E-state index in [1.54, 1.807) is 19.1 Å². The highest BCUT2D eigenvalue weighted by molar-refractivity contribution is 9.10. The first kappa shape index (κ1) is 14.1. The summed E-state index contributed by atoms with van der Waals surface area (Å²) < 4.78 is 14.5. The Morgan fingerprint density at radius 3 is 2.68 bits per heavy atom. The minimum absolute atomic E-state index is 0.123. The molecule has 1 N–H and O–H groups in total. The van der Waals surface area contributed by atoms with E-state index in [9.17, 15) is 14.0 Å². The first-order valence-corrected chi connectivity index (χ1v) is 6.71. The Hall–Kier alpha value is -1.27. The Balaban J connectivity index is 2.11. The molecule has 2 atom stereocenters. The Bertz CT molecular complexity index is 535. The van der Waals surface area contributed by atoms with E-state index in [-0.39, 0.29) is 30.1 Å². The van der Waals surface area contributed by atoms with Gasteiger partial charge < -0.3 is 0 Å². The van der Waals surface area contributed by atoms with Gasteiger partial charge in [0.05, 0.1) is 12.5 Å². The van der Waals surface area contributed by atoms with Crippen LogP contribution in [-0.2, 0) is 9.59 Å². The number of halogens is 2. The molecule has 2 amide bonds. The Labute approximate surface area is 119 Å². The van der Waals surface area contributed by atoms with Gasteiger partial charge in [-0.2, -0.15) is 0 Å². The van der Waals surface area contributed by atoms with E-state index in [2.05, 4.69) is 21.2 Å². The maximum Gasteiger partial charge on any atom is 0.246 e. The van der Waals surface area contributed by atoms with Crippen LogP contribution in [0.4, 0.5) is 4.39 Å². The highest BCUT2D eigenvalue weighted by Gasteiger charge is 2.36. The van der Waals surface area contributed by atoms with E-state index in [1.807, 2.05) is 0 Å². The van der Waals surface area contributed by atoms with Crippen LogP contribution in [0.5, 0.6) is 0 Å². The molecule has 0 bridgehead atoms. The standard InChI is InChI=1S/C13H14BrFN2O2/c1-7(9-4-3-8(14)5-10(9)15)16-11-6-12(18)17(2)13(11)19/h3-5,7,11,16H,6H2,1-2H3. The van der Waals surface area contributed by atoms with Crippen molar-refractivity contribution >= 4 is 27.7 Å². The molecule has 1 aliphatic heterocycles. The molecule has 0 radical (unpaired) electrons.